The van der Waals surface area contributed by atoms with E-state index in [4.69, 9.17) is 0 Å². The number of imide groups is 1. The van der Waals surface area contributed by atoms with Crippen LogP contribution in [-0.4, -0.2) is 28.4 Å². The molecular formula is C16H19F2NO3. The Bertz CT molecular complexity index is 617. The van der Waals surface area contributed by atoms with Crippen molar-refractivity contribution in [2.45, 2.75) is 33.3 Å². The summed E-state index contributed by atoms with van der Waals surface area (Å²) in [6.45, 7) is 5.02. The van der Waals surface area contributed by atoms with Crippen molar-refractivity contribution in [1.29, 1.82) is 0 Å². The molecule has 2 amide bonds. The Morgan fingerprint density at radius 1 is 1.32 bits per heavy atom. The van der Waals surface area contributed by atoms with Gasteiger partial charge in [0.2, 0.25) is 11.8 Å². The maximum absolute atomic E-state index is 13.7. The number of β-amino-alcohol motifs (C(OH)–C–C–N with tert-alkyl or cyclic N) is 1. The van der Waals surface area contributed by atoms with Crippen LogP contribution in [0.25, 0.3) is 0 Å². The lowest BCUT2D eigenvalue weighted by Gasteiger charge is -2.27. The second kappa shape index (κ2) is 5.76. The molecule has 1 heterocycles. The minimum Gasteiger partial charge on any atom is -0.386 e. The van der Waals surface area contributed by atoms with Crippen molar-refractivity contribution in [3.63, 3.8) is 0 Å². The third-order valence-corrected chi connectivity index (χ3v) is 4.50. The molecule has 0 radical (unpaired) electrons. The van der Waals surface area contributed by atoms with Crippen molar-refractivity contribution in [3.8, 4) is 0 Å². The van der Waals surface area contributed by atoms with Crippen LogP contribution in [-0.2, 0) is 9.59 Å². The van der Waals surface area contributed by atoms with Gasteiger partial charge in [0, 0.05) is 12.0 Å². The number of likely N-dealkylation sites (tertiary alicyclic amines) is 1. The van der Waals surface area contributed by atoms with E-state index >= 15 is 0 Å². The van der Waals surface area contributed by atoms with Gasteiger partial charge in [-0.05, 0) is 31.0 Å². The fourth-order valence-corrected chi connectivity index (χ4v) is 2.58. The zero-order valence-electron chi connectivity index (χ0n) is 12.8. The molecule has 1 aromatic carbocycles. The highest BCUT2D eigenvalue weighted by Crippen LogP contribution is 2.39. The summed E-state index contributed by atoms with van der Waals surface area (Å²) in [6.07, 6.45) is -1.40. The van der Waals surface area contributed by atoms with Gasteiger partial charge in [0.05, 0.1) is 18.1 Å². The van der Waals surface area contributed by atoms with Gasteiger partial charge in [-0.2, -0.15) is 0 Å². The predicted octanol–water partition coefficient (Wildman–Crippen LogP) is 2.42. The predicted molar refractivity (Wildman–Crippen MR) is 75.6 cm³/mol. The Morgan fingerprint density at radius 3 is 2.50 bits per heavy atom. The molecule has 2 atom stereocenters. The van der Waals surface area contributed by atoms with Crippen molar-refractivity contribution < 1.29 is 23.5 Å². The number of rotatable bonds is 4. The zero-order valence-corrected chi connectivity index (χ0v) is 12.8. The number of nitrogens with zero attached hydrogens (tertiary/aromatic N) is 1. The number of benzene rings is 1. The Labute approximate surface area is 127 Å². The maximum atomic E-state index is 13.7. The number of amides is 2. The van der Waals surface area contributed by atoms with Crippen LogP contribution in [0, 0.1) is 23.0 Å². The van der Waals surface area contributed by atoms with E-state index in [0.717, 1.165) is 23.1 Å². The molecule has 0 bridgehead atoms. The van der Waals surface area contributed by atoms with E-state index in [2.05, 4.69) is 0 Å². The topological polar surface area (TPSA) is 57.6 Å². The van der Waals surface area contributed by atoms with Crippen LogP contribution in [0.15, 0.2) is 18.2 Å². The molecule has 1 aliphatic rings. The lowest BCUT2D eigenvalue weighted by atomic mass is 9.78. The van der Waals surface area contributed by atoms with Crippen LogP contribution in [0.4, 0.5) is 8.78 Å². The number of hydrogen-bond donors (Lipinski definition) is 1. The molecule has 0 spiro atoms. The minimum atomic E-state index is -1.46. The van der Waals surface area contributed by atoms with Crippen molar-refractivity contribution in [1.82, 2.24) is 4.90 Å². The van der Waals surface area contributed by atoms with Crippen LogP contribution in [0.5, 0.6) is 0 Å². The standard InChI is InChI=1S/C16H19F2NO3/c1-9(2)16(3)7-14(21)19(15(16)22)8-13(20)11-6-10(17)4-5-12(11)18/h4-6,9,13,20H,7-8H2,1-3H3. The smallest absolute Gasteiger partial charge is 0.235 e. The molecule has 2 unspecified atom stereocenters. The highest BCUT2D eigenvalue weighted by Gasteiger charge is 2.50. The van der Waals surface area contributed by atoms with Crippen LogP contribution < -0.4 is 0 Å². The van der Waals surface area contributed by atoms with Gasteiger partial charge in [0.15, 0.2) is 0 Å². The largest absolute Gasteiger partial charge is 0.386 e. The number of carbonyl (C=O) groups is 2. The van der Waals surface area contributed by atoms with Crippen LogP contribution in [0.3, 0.4) is 0 Å². The summed E-state index contributed by atoms with van der Waals surface area (Å²) < 4.78 is 26.8. The number of hydrogen-bond acceptors (Lipinski definition) is 3. The highest BCUT2D eigenvalue weighted by molar-refractivity contribution is 6.05. The van der Waals surface area contributed by atoms with Gasteiger partial charge in [0.25, 0.3) is 0 Å². The molecule has 1 saturated heterocycles. The molecule has 1 fully saturated rings. The van der Waals surface area contributed by atoms with Crippen molar-refractivity contribution >= 4 is 11.8 Å². The molecule has 1 N–H and O–H groups in total. The molecule has 6 heteroatoms. The number of carbonyl (C=O) groups excluding carboxylic acids is 2. The number of aliphatic hydroxyl groups is 1. The van der Waals surface area contributed by atoms with Gasteiger partial charge in [-0.15, -0.1) is 0 Å². The number of halogens is 2. The van der Waals surface area contributed by atoms with Crippen LogP contribution >= 0.6 is 0 Å². The highest BCUT2D eigenvalue weighted by atomic mass is 19.1. The quantitative estimate of drug-likeness (QED) is 0.869. The molecule has 0 aliphatic carbocycles. The van der Waals surface area contributed by atoms with Crippen LogP contribution in [0.1, 0.15) is 38.9 Å². The van der Waals surface area contributed by atoms with E-state index in [9.17, 15) is 23.5 Å². The van der Waals surface area contributed by atoms with Gasteiger partial charge in [-0.1, -0.05) is 13.8 Å². The van der Waals surface area contributed by atoms with Crippen LogP contribution in [0.2, 0.25) is 0 Å². The Balaban J connectivity index is 2.22. The first-order valence-electron chi connectivity index (χ1n) is 7.14. The molecular weight excluding hydrogens is 292 g/mol. The van der Waals surface area contributed by atoms with Crippen molar-refractivity contribution in [2.24, 2.45) is 11.3 Å². The fraction of sp³-hybridized carbons (Fsp3) is 0.500. The SMILES string of the molecule is CC(C)C1(C)CC(=O)N(CC(O)c2cc(F)ccc2F)C1=O. The molecule has 0 aromatic heterocycles. The second-order valence-corrected chi connectivity index (χ2v) is 6.24. The van der Waals surface area contributed by atoms with Crippen molar-refractivity contribution in [2.75, 3.05) is 6.54 Å². The van der Waals surface area contributed by atoms with Gasteiger partial charge in [-0.3, -0.25) is 14.5 Å². The summed E-state index contributed by atoms with van der Waals surface area (Å²) in [5, 5.41) is 10.1. The minimum absolute atomic E-state index is 0.0444. The summed E-state index contributed by atoms with van der Waals surface area (Å²) in [7, 11) is 0. The summed E-state index contributed by atoms with van der Waals surface area (Å²) >= 11 is 0. The second-order valence-electron chi connectivity index (χ2n) is 6.24. The van der Waals surface area contributed by atoms with E-state index in [1.54, 1.807) is 6.92 Å². The maximum Gasteiger partial charge on any atom is 0.235 e. The van der Waals surface area contributed by atoms with Gasteiger partial charge < -0.3 is 5.11 Å². The lowest BCUT2D eigenvalue weighted by molar-refractivity contribution is -0.143. The molecule has 2 rings (SSSR count). The van der Waals surface area contributed by atoms with E-state index in [1.165, 1.54) is 0 Å². The average Bonchev–Trinajstić information content (AvgIpc) is 2.66. The first kappa shape index (κ1) is 16.5. The third-order valence-electron chi connectivity index (χ3n) is 4.50. The van der Waals surface area contributed by atoms with E-state index in [0.29, 0.717) is 0 Å². The Morgan fingerprint density at radius 2 is 1.95 bits per heavy atom. The van der Waals surface area contributed by atoms with E-state index in [-0.39, 0.29) is 30.4 Å². The van der Waals surface area contributed by atoms with E-state index in [1.807, 2.05) is 13.8 Å². The monoisotopic (exact) mass is 311 g/mol. The third kappa shape index (κ3) is 2.75. The summed E-state index contributed by atoms with van der Waals surface area (Å²) in [5.41, 5.74) is -1.09. The van der Waals surface area contributed by atoms with E-state index < -0.39 is 29.1 Å². The van der Waals surface area contributed by atoms with Gasteiger partial charge in [-0.25, -0.2) is 8.78 Å². The Hall–Kier alpha value is -1.82. The zero-order chi connectivity index (χ0) is 16.7. The van der Waals surface area contributed by atoms with Gasteiger partial charge >= 0.3 is 0 Å². The molecule has 0 saturated carbocycles. The summed E-state index contributed by atoms with van der Waals surface area (Å²) in [6, 6.07) is 2.71. The fourth-order valence-electron chi connectivity index (χ4n) is 2.58. The average molecular weight is 311 g/mol. The first-order chi connectivity index (χ1) is 10.2. The first-order valence-corrected chi connectivity index (χ1v) is 7.14. The Kier molecular flexibility index (Phi) is 4.33. The molecule has 1 aromatic rings. The molecule has 22 heavy (non-hydrogen) atoms. The lowest BCUT2D eigenvalue weighted by Crippen LogP contribution is -2.39. The normalized spacial score (nSPS) is 23.5. The number of aliphatic hydroxyl groups excluding tert-OH is 1. The summed E-state index contributed by atoms with van der Waals surface area (Å²) in [4.78, 5) is 25.4. The molecule has 4 nitrogen and oxygen atoms in total. The molecule has 120 valence electrons. The van der Waals surface area contributed by atoms with Crippen molar-refractivity contribution in [3.05, 3.63) is 35.4 Å². The van der Waals surface area contributed by atoms with Gasteiger partial charge in [0.1, 0.15) is 11.6 Å². The molecule has 1 aliphatic heterocycles. The summed E-state index contributed by atoms with van der Waals surface area (Å²) in [5.74, 6) is -2.31.